The van der Waals surface area contributed by atoms with Gasteiger partial charge in [-0.05, 0) is 30.7 Å². The summed E-state index contributed by atoms with van der Waals surface area (Å²) >= 11 is 0. The fraction of sp³-hybridized carbons (Fsp3) is 0.125. The molecule has 0 N–H and O–H groups in total. The Labute approximate surface area is 105 Å². The molecule has 1 aliphatic rings. The van der Waals surface area contributed by atoms with Crippen molar-refractivity contribution in [2.24, 2.45) is 0 Å². The minimum atomic E-state index is 0.906. The number of aryl methyl sites for hydroxylation is 1. The molecule has 1 heterocycles. The molecule has 2 nitrogen and oxygen atoms in total. The van der Waals surface area contributed by atoms with Gasteiger partial charge >= 0.3 is 0 Å². The van der Waals surface area contributed by atoms with Crippen molar-refractivity contribution >= 4 is 11.0 Å². The molecule has 0 saturated heterocycles. The van der Waals surface area contributed by atoms with Gasteiger partial charge in [0.15, 0.2) is 0 Å². The number of benzene rings is 2. The van der Waals surface area contributed by atoms with Gasteiger partial charge in [0.1, 0.15) is 0 Å². The highest BCUT2D eigenvalue weighted by Gasteiger charge is 2.21. The zero-order valence-corrected chi connectivity index (χ0v) is 10.1. The van der Waals surface area contributed by atoms with Crippen molar-refractivity contribution in [3.8, 4) is 11.3 Å². The van der Waals surface area contributed by atoms with E-state index in [1.165, 1.54) is 16.7 Å². The maximum absolute atomic E-state index is 4.78. The zero-order valence-electron chi connectivity index (χ0n) is 10.1. The second-order valence-corrected chi connectivity index (χ2v) is 4.84. The summed E-state index contributed by atoms with van der Waals surface area (Å²) in [6, 6.07) is 14.6. The van der Waals surface area contributed by atoms with Gasteiger partial charge in [0, 0.05) is 12.0 Å². The topological polar surface area (TPSA) is 25.8 Å². The first-order chi connectivity index (χ1) is 8.81. The minimum Gasteiger partial charge on any atom is -0.249 e. The van der Waals surface area contributed by atoms with Crippen molar-refractivity contribution in [2.75, 3.05) is 0 Å². The quantitative estimate of drug-likeness (QED) is 0.463. The van der Waals surface area contributed by atoms with Gasteiger partial charge in [0.2, 0.25) is 0 Å². The lowest BCUT2D eigenvalue weighted by Gasteiger charge is -2.03. The van der Waals surface area contributed by atoms with Crippen LogP contribution in [0.5, 0.6) is 0 Å². The number of hydrogen-bond donors (Lipinski definition) is 0. The molecule has 0 unspecified atom stereocenters. The van der Waals surface area contributed by atoms with E-state index in [2.05, 4.69) is 25.1 Å². The molecule has 4 rings (SSSR count). The van der Waals surface area contributed by atoms with Crippen molar-refractivity contribution in [3.05, 3.63) is 59.3 Å². The van der Waals surface area contributed by atoms with Crippen LogP contribution >= 0.6 is 0 Å². The van der Waals surface area contributed by atoms with Crippen LogP contribution in [-0.2, 0) is 6.42 Å². The minimum absolute atomic E-state index is 0.906. The maximum atomic E-state index is 4.78. The predicted octanol–water partition coefficient (Wildman–Crippen LogP) is 3.51. The predicted molar refractivity (Wildman–Crippen MR) is 72.5 cm³/mol. The fourth-order valence-corrected chi connectivity index (χ4v) is 2.62. The van der Waals surface area contributed by atoms with E-state index in [1.54, 1.807) is 0 Å². The van der Waals surface area contributed by atoms with Crippen LogP contribution in [-0.4, -0.2) is 9.97 Å². The summed E-state index contributed by atoms with van der Waals surface area (Å²) in [7, 11) is 0. The number of fused-ring (bicyclic) bond motifs is 4. The Morgan fingerprint density at radius 2 is 1.72 bits per heavy atom. The van der Waals surface area contributed by atoms with Gasteiger partial charge in [-0.25, -0.2) is 9.97 Å². The highest BCUT2D eigenvalue weighted by atomic mass is 14.8. The summed E-state index contributed by atoms with van der Waals surface area (Å²) in [4.78, 5) is 9.51. The van der Waals surface area contributed by atoms with Crippen LogP contribution < -0.4 is 0 Å². The normalized spacial score (nSPS) is 12.5. The Balaban J connectivity index is 2.05. The summed E-state index contributed by atoms with van der Waals surface area (Å²) in [6.07, 6.45) is 0.906. The average molecular weight is 232 g/mol. The second-order valence-electron chi connectivity index (χ2n) is 4.84. The summed E-state index contributed by atoms with van der Waals surface area (Å²) in [6.45, 7) is 2.12. The second kappa shape index (κ2) is 3.39. The van der Waals surface area contributed by atoms with Gasteiger partial charge in [-0.15, -0.1) is 0 Å². The molecule has 0 aliphatic heterocycles. The molecule has 0 atom stereocenters. The Morgan fingerprint density at radius 3 is 2.56 bits per heavy atom. The molecule has 1 aromatic heterocycles. The Hall–Kier alpha value is -2.22. The van der Waals surface area contributed by atoms with Gasteiger partial charge < -0.3 is 0 Å². The van der Waals surface area contributed by atoms with Gasteiger partial charge in [-0.2, -0.15) is 0 Å². The lowest BCUT2D eigenvalue weighted by Crippen LogP contribution is -1.91. The van der Waals surface area contributed by atoms with Crippen molar-refractivity contribution in [2.45, 2.75) is 13.3 Å². The Bertz CT molecular complexity index is 775. The average Bonchev–Trinajstić information content (AvgIpc) is 2.73. The molecule has 1 aliphatic carbocycles. The van der Waals surface area contributed by atoms with Gasteiger partial charge in [0.25, 0.3) is 0 Å². The summed E-state index contributed by atoms with van der Waals surface area (Å²) in [5.41, 5.74) is 8.00. The van der Waals surface area contributed by atoms with Crippen LogP contribution in [0.2, 0.25) is 0 Å². The van der Waals surface area contributed by atoms with E-state index in [9.17, 15) is 0 Å². The van der Waals surface area contributed by atoms with Crippen LogP contribution in [0.1, 0.15) is 16.8 Å². The van der Waals surface area contributed by atoms with E-state index < -0.39 is 0 Å². The van der Waals surface area contributed by atoms with E-state index in [1.807, 2.05) is 24.3 Å². The van der Waals surface area contributed by atoms with Crippen LogP contribution in [0.15, 0.2) is 42.5 Å². The number of nitrogens with zero attached hydrogens (tertiary/aromatic N) is 2. The third kappa shape index (κ3) is 1.29. The molecule has 0 fully saturated rings. The number of para-hydroxylation sites is 2. The highest BCUT2D eigenvalue weighted by Crippen LogP contribution is 2.35. The fourth-order valence-electron chi connectivity index (χ4n) is 2.62. The summed E-state index contributed by atoms with van der Waals surface area (Å²) in [5, 5.41) is 0. The summed E-state index contributed by atoms with van der Waals surface area (Å²) in [5.74, 6) is 0. The maximum Gasteiger partial charge on any atom is 0.0931 e. The van der Waals surface area contributed by atoms with Crippen molar-refractivity contribution in [1.29, 1.82) is 0 Å². The van der Waals surface area contributed by atoms with E-state index in [0.29, 0.717) is 0 Å². The first kappa shape index (κ1) is 9.77. The van der Waals surface area contributed by atoms with E-state index in [0.717, 1.165) is 28.8 Å². The standard InChI is InChI=1S/C16H12N2/c1-10-6-7-11-9-15-16(12(11)8-10)18-14-5-3-2-4-13(14)17-15/h2-8H,9H2,1H3. The van der Waals surface area contributed by atoms with Crippen LogP contribution in [0.25, 0.3) is 22.3 Å². The molecule has 0 radical (unpaired) electrons. The third-order valence-electron chi connectivity index (χ3n) is 3.52. The van der Waals surface area contributed by atoms with Gasteiger partial charge in [-0.3, -0.25) is 0 Å². The van der Waals surface area contributed by atoms with Gasteiger partial charge in [0.05, 0.1) is 22.4 Å². The lowest BCUT2D eigenvalue weighted by molar-refractivity contribution is 1.13. The van der Waals surface area contributed by atoms with Crippen molar-refractivity contribution < 1.29 is 0 Å². The third-order valence-corrected chi connectivity index (χ3v) is 3.52. The first-order valence-corrected chi connectivity index (χ1v) is 6.17. The van der Waals surface area contributed by atoms with Crippen LogP contribution in [0, 0.1) is 6.92 Å². The molecular formula is C16H12N2. The van der Waals surface area contributed by atoms with Crippen molar-refractivity contribution in [1.82, 2.24) is 9.97 Å². The van der Waals surface area contributed by atoms with Crippen LogP contribution in [0.3, 0.4) is 0 Å². The van der Waals surface area contributed by atoms with Gasteiger partial charge in [-0.1, -0.05) is 29.8 Å². The molecule has 18 heavy (non-hydrogen) atoms. The largest absolute Gasteiger partial charge is 0.249 e. The Kier molecular flexibility index (Phi) is 1.84. The van der Waals surface area contributed by atoms with E-state index >= 15 is 0 Å². The molecule has 86 valence electrons. The molecule has 0 saturated carbocycles. The first-order valence-electron chi connectivity index (χ1n) is 6.17. The highest BCUT2D eigenvalue weighted by molar-refractivity contribution is 5.81. The van der Waals surface area contributed by atoms with E-state index in [4.69, 9.17) is 9.97 Å². The molecule has 0 bridgehead atoms. The number of aromatic nitrogens is 2. The molecule has 0 amide bonds. The molecule has 3 aromatic rings. The smallest absolute Gasteiger partial charge is 0.0931 e. The Morgan fingerprint density at radius 1 is 0.944 bits per heavy atom. The van der Waals surface area contributed by atoms with E-state index in [-0.39, 0.29) is 0 Å². The van der Waals surface area contributed by atoms with Crippen LogP contribution in [0.4, 0.5) is 0 Å². The molecule has 0 spiro atoms. The molecular weight excluding hydrogens is 220 g/mol. The number of rotatable bonds is 0. The SMILES string of the molecule is Cc1ccc2c(c1)-c1nc3ccccc3nc1C2. The monoisotopic (exact) mass is 232 g/mol. The lowest BCUT2D eigenvalue weighted by atomic mass is 10.1. The molecule has 2 aromatic carbocycles. The summed E-state index contributed by atoms with van der Waals surface area (Å²) < 4.78 is 0. The molecule has 2 heteroatoms. The van der Waals surface area contributed by atoms with Crippen molar-refractivity contribution in [3.63, 3.8) is 0 Å². The zero-order chi connectivity index (χ0) is 12.1. The number of hydrogen-bond acceptors (Lipinski definition) is 2.